The average Bonchev–Trinajstić information content (AvgIpc) is 2.99. The van der Waals surface area contributed by atoms with Crippen molar-refractivity contribution in [2.75, 3.05) is 20.1 Å². The van der Waals surface area contributed by atoms with Crippen molar-refractivity contribution < 1.29 is 0 Å². The molecule has 142 valence electrons. The maximum Gasteiger partial charge on any atom is 0.191 e. The van der Waals surface area contributed by atoms with Gasteiger partial charge in [0.2, 0.25) is 0 Å². The molecule has 1 aliphatic heterocycles. The van der Waals surface area contributed by atoms with Crippen LogP contribution in [0.4, 0.5) is 0 Å². The van der Waals surface area contributed by atoms with Crippen molar-refractivity contribution in [2.45, 2.75) is 39.4 Å². The lowest BCUT2D eigenvalue weighted by atomic mass is 10.1. The van der Waals surface area contributed by atoms with Crippen LogP contribution in [0.2, 0.25) is 0 Å². The molecule has 3 rings (SSSR count). The smallest absolute Gasteiger partial charge is 0.191 e. The molecule has 5 nitrogen and oxygen atoms in total. The van der Waals surface area contributed by atoms with Crippen LogP contribution in [-0.2, 0) is 6.54 Å². The number of aromatic nitrogens is 1. The van der Waals surface area contributed by atoms with Gasteiger partial charge in [-0.25, -0.2) is 0 Å². The highest BCUT2D eigenvalue weighted by Gasteiger charge is 2.31. The molecule has 2 unspecified atom stereocenters. The number of halogens is 1. The summed E-state index contributed by atoms with van der Waals surface area (Å²) < 4.78 is 0. The summed E-state index contributed by atoms with van der Waals surface area (Å²) in [7, 11) is 1.83. The monoisotopic (exact) mass is 467 g/mol. The summed E-state index contributed by atoms with van der Waals surface area (Å²) in [4.78, 5) is 11.5. The van der Waals surface area contributed by atoms with Gasteiger partial charge in [0.05, 0.1) is 12.2 Å². The lowest BCUT2D eigenvalue weighted by Gasteiger charge is -2.22. The van der Waals surface area contributed by atoms with Crippen LogP contribution in [0.15, 0.2) is 41.5 Å². The number of benzene rings is 1. The van der Waals surface area contributed by atoms with Gasteiger partial charge in [-0.3, -0.25) is 14.9 Å². The third-order valence-corrected chi connectivity index (χ3v) is 5.10. The van der Waals surface area contributed by atoms with Gasteiger partial charge in [-0.05, 0) is 31.2 Å². The molecule has 2 N–H and O–H groups in total. The molecule has 1 aromatic carbocycles. The lowest BCUT2D eigenvalue weighted by Crippen LogP contribution is -2.46. The van der Waals surface area contributed by atoms with E-state index < -0.39 is 0 Å². The maximum atomic E-state index is 4.54. The summed E-state index contributed by atoms with van der Waals surface area (Å²) in [6, 6.07) is 11.4. The van der Waals surface area contributed by atoms with Crippen LogP contribution >= 0.6 is 24.0 Å². The Kier molecular flexibility index (Phi) is 7.64. The Hall–Kier alpha value is -1.41. The predicted octanol–water partition coefficient (Wildman–Crippen LogP) is 3.25. The third-order valence-electron chi connectivity index (χ3n) is 5.10. The Morgan fingerprint density at radius 2 is 2.04 bits per heavy atom. The van der Waals surface area contributed by atoms with Crippen LogP contribution in [0.5, 0.6) is 0 Å². The van der Waals surface area contributed by atoms with E-state index in [1.165, 1.54) is 10.8 Å². The number of nitrogens with one attached hydrogen (secondary N) is 2. The molecule has 26 heavy (non-hydrogen) atoms. The number of pyridine rings is 1. The van der Waals surface area contributed by atoms with Crippen LogP contribution < -0.4 is 10.6 Å². The molecule has 0 bridgehead atoms. The van der Waals surface area contributed by atoms with E-state index in [2.05, 4.69) is 70.5 Å². The van der Waals surface area contributed by atoms with Gasteiger partial charge in [0.25, 0.3) is 0 Å². The molecule has 2 heterocycles. The van der Waals surface area contributed by atoms with Gasteiger partial charge >= 0.3 is 0 Å². The summed E-state index contributed by atoms with van der Waals surface area (Å²) in [5.74, 6) is 1.45. The van der Waals surface area contributed by atoms with E-state index in [1.807, 2.05) is 19.3 Å². The minimum absolute atomic E-state index is 0. The highest BCUT2D eigenvalue weighted by molar-refractivity contribution is 14.0. The summed E-state index contributed by atoms with van der Waals surface area (Å²) >= 11 is 0. The number of rotatable bonds is 4. The van der Waals surface area contributed by atoms with Gasteiger partial charge in [0, 0.05) is 43.8 Å². The summed E-state index contributed by atoms with van der Waals surface area (Å²) in [5.41, 5.74) is 1.05. The predicted molar refractivity (Wildman–Crippen MR) is 120 cm³/mol. The first-order chi connectivity index (χ1) is 12.1. The van der Waals surface area contributed by atoms with Crippen molar-refractivity contribution in [2.24, 2.45) is 10.9 Å². The molecule has 0 spiro atoms. The molecule has 0 aliphatic carbocycles. The second-order valence-corrected chi connectivity index (χ2v) is 7.18. The van der Waals surface area contributed by atoms with Crippen LogP contribution in [0.25, 0.3) is 10.8 Å². The number of hydrogen-bond acceptors (Lipinski definition) is 3. The third kappa shape index (κ3) is 4.85. The first-order valence-electron chi connectivity index (χ1n) is 9.12. The highest BCUT2D eigenvalue weighted by Crippen LogP contribution is 2.19. The minimum atomic E-state index is 0. The topological polar surface area (TPSA) is 52.6 Å². The first kappa shape index (κ1) is 20.9. The number of nitrogens with zero attached hydrogens (tertiary/aromatic N) is 3. The SMILES string of the molecule is CN=C(NCc1nccc2ccccc12)NC1CN(C(C)C)CC1C.I. The zero-order chi connectivity index (χ0) is 17.8. The second kappa shape index (κ2) is 9.50. The molecule has 0 saturated carbocycles. The average molecular weight is 467 g/mol. The molecule has 0 amide bonds. The van der Waals surface area contributed by atoms with Crippen molar-refractivity contribution in [3.05, 3.63) is 42.2 Å². The molecule has 6 heteroatoms. The molecule has 1 saturated heterocycles. The minimum Gasteiger partial charge on any atom is -0.352 e. The fraction of sp³-hybridized carbons (Fsp3) is 0.500. The maximum absolute atomic E-state index is 4.54. The number of aliphatic imine (C=N–C) groups is 1. The van der Waals surface area contributed by atoms with Gasteiger partial charge in [-0.2, -0.15) is 0 Å². The fourth-order valence-electron chi connectivity index (χ4n) is 3.47. The Labute approximate surface area is 173 Å². The van der Waals surface area contributed by atoms with E-state index in [4.69, 9.17) is 0 Å². The Morgan fingerprint density at radius 3 is 2.73 bits per heavy atom. The van der Waals surface area contributed by atoms with Gasteiger partial charge in [0.1, 0.15) is 0 Å². The zero-order valence-electron chi connectivity index (χ0n) is 16.1. The van der Waals surface area contributed by atoms with Crippen LogP contribution in [0, 0.1) is 5.92 Å². The second-order valence-electron chi connectivity index (χ2n) is 7.18. The summed E-state index contributed by atoms with van der Waals surface area (Å²) in [6.07, 6.45) is 1.87. The van der Waals surface area contributed by atoms with Crippen LogP contribution in [-0.4, -0.2) is 48.1 Å². The van der Waals surface area contributed by atoms with Crippen molar-refractivity contribution in [1.82, 2.24) is 20.5 Å². The zero-order valence-corrected chi connectivity index (χ0v) is 18.4. The Morgan fingerprint density at radius 1 is 1.27 bits per heavy atom. The summed E-state index contributed by atoms with van der Waals surface area (Å²) in [5, 5.41) is 9.42. The van der Waals surface area contributed by atoms with E-state index in [-0.39, 0.29) is 24.0 Å². The van der Waals surface area contributed by atoms with E-state index in [1.54, 1.807) is 0 Å². The quantitative estimate of drug-likeness (QED) is 0.412. The van der Waals surface area contributed by atoms with Gasteiger partial charge in [-0.1, -0.05) is 31.2 Å². The van der Waals surface area contributed by atoms with Crippen molar-refractivity contribution >= 4 is 40.7 Å². The molecule has 2 aromatic rings. The van der Waals surface area contributed by atoms with Crippen LogP contribution in [0.1, 0.15) is 26.5 Å². The largest absolute Gasteiger partial charge is 0.352 e. The van der Waals surface area contributed by atoms with E-state index in [0.717, 1.165) is 24.7 Å². The molecular weight excluding hydrogens is 437 g/mol. The Bertz CT molecular complexity index is 741. The number of hydrogen-bond donors (Lipinski definition) is 2. The highest BCUT2D eigenvalue weighted by atomic mass is 127. The van der Waals surface area contributed by atoms with Crippen molar-refractivity contribution in [1.29, 1.82) is 0 Å². The Balaban J connectivity index is 0.00000243. The van der Waals surface area contributed by atoms with Crippen molar-refractivity contribution in [3.63, 3.8) is 0 Å². The molecule has 1 aromatic heterocycles. The molecule has 0 radical (unpaired) electrons. The molecule has 1 aliphatic rings. The number of guanidine groups is 1. The number of likely N-dealkylation sites (tertiary alicyclic amines) is 1. The summed E-state index contributed by atoms with van der Waals surface area (Å²) in [6.45, 7) is 9.68. The lowest BCUT2D eigenvalue weighted by molar-refractivity contribution is 0.265. The van der Waals surface area contributed by atoms with Crippen LogP contribution in [0.3, 0.4) is 0 Å². The van der Waals surface area contributed by atoms with E-state index >= 15 is 0 Å². The fourth-order valence-corrected chi connectivity index (χ4v) is 3.47. The van der Waals surface area contributed by atoms with Crippen molar-refractivity contribution in [3.8, 4) is 0 Å². The normalized spacial score (nSPS) is 21.0. The van der Waals surface area contributed by atoms with E-state index in [0.29, 0.717) is 24.5 Å². The van der Waals surface area contributed by atoms with Gasteiger partial charge in [-0.15, -0.1) is 24.0 Å². The molecule has 2 atom stereocenters. The standard InChI is InChI=1S/C20H29N5.HI/c1-14(2)25-12-15(3)19(13-25)24-20(21-4)23-11-18-17-8-6-5-7-16(17)9-10-22-18;/h5-10,14-15,19H,11-13H2,1-4H3,(H2,21,23,24);1H. The first-order valence-corrected chi connectivity index (χ1v) is 9.12. The molecular formula is C20H30IN5. The van der Waals surface area contributed by atoms with Gasteiger partial charge < -0.3 is 10.6 Å². The number of fused-ring (bicyclic) bond motifs is 1. The van der Waals surface area contributed by atoms with E-state index in [9.17, 15) is 0 Å². The molecule has 1 fully saturated rings. The van der Waals surface area contributed by atoms with Gasteiger partial charge in [0.15, 0.2) is 5.96 Å².